The second kappa shape index (κ2) is 10.2. The maximum Gasteiger partial charge on any atom is 0.269 e. The van der Waals surface area contributed by atoms with Crippen molar-refractivity contribution in [2.75, 3.05) is 0 Å². The number of allylic oxidation sites excluding steroid dienone is 1. The normalized spacial score (nSPS) is 11.1. The molecule has 0 amide bonds. The van der Waals surface area contributed by atoms with Gasteiger partial charge in [-0.2, -0.15) is 5.26 Å². The maximum absolute atomic E-state index is 10.8. The predicted molar refractivity (Wildman–Crippen MR) is 134 cm³/mol. The molecule has 8 heteroatoms. The molecule has 0 aliphatic carbocycles. The van der Waals surface area contributed by atoms with Gasteiger partial charge < -0.3 is 4.74 Å². The summed E-state index contributed by atoms with van der Waals surface area (Å²) in [5, 5.41) is 21.0. The van der Waals surface area contributed by atoms with Crippen LogP contribution >= 0.6 is 56.8 Å². The minimum atomic E-state index is -0.465. The topological polar surface area (TPSA) is 76.2 Å². The number of nitro groups is 1. The summed E-state index contributed by atoms with van der Waals surface area (Å²) in [6.07, 6.45) is 1.76. The maximum atomic E-state index is 10.8. The first-order chi connectivity index (χ1) is 14.4. The third-order valence-corrected chi connectivity index (χ3v) is 5.99. The van der Waals surface area contributed by atoms with Gasteiger partial charge >= 0.3 is 0 Å². The van der Waals surface area contributed by atoms with E-state index in [4.69, 9.17) is 16.3 Å². The minimum Gasteiger partial charge on any atom is -0.487 e. The number of benzene rings is 3. The Hall–Kier alpha value is -2.16. The molecule has 150 valence electrons. The molecule has 0 saturated heterocycles. The summed E-state index contributed by atoms with van der Waals surface area (Å²) in [6.45, 7) is 0.421. The summed E-state index contributed by atoms with van der Waals surface area (Å²) < 4.78 is 7.83. The zero-order valence-corrected chi connectivity index (χ0v) is 20.4. The molecule has 0 N–H and O–H groups in total. The molecule has 0 bridgehead atoms. The summed E-state index contributed by atoms with van der Waals surface area (Å²) in [6, 6.07) is 19.5. The number of rotatable bonds is 6. The third kappa shape index (κ3) is 5.71. The highest BCUT2D eigenvalue weighted by molar-refractivity contribution is 14.1. The van der Waals surface area contributed by atoms with E-state index in [1.807, 2.05) is 36.4 Å². The van der Waals surface area contributed by atoms with Crippen LogP contribution in [-0.2, 0) is 6.61 Å². The lowest BCUT2D eigenvalue weighted by Crippen LogP contribution is -1.99. The van der Waals surface area contributed by atoms with Crippen LogP contribution in [0.15, 0.2) is 60.7 Å². The smallest absolute Gasteiger partial charge is 0.269 e. The van der Waals surface area contributed by atoms with Gasteiger partial charge in [0.05, 0.1) is 23.7 Å². The average molecular weight is 643 g/mol. The Morgan fingerprint density at radius 2 is 1.70 bits per heavy atom. The molecule has 0 aliphatic rings. The van der Waals surface area contributed by atoms with Gasteiger partial charge in [-0.05, 0) is 104 Å². The molecule has 0 spiro atoms. The van der Waals surface area contributed by atoms with E-state index in [-0.39, 0.29) is 5.69 Å². The second-order valence-electron chi connectivity index (χ2n) is 6.20. The van der Waals surface area contributed by atoms with Crippen molar-refractivity contribution in [2.24, 2.45) is 0 Å². The average Bonchev–Trinajstić information content (AvgIpc) is 2.73. The van der Waals surface area contributed by atoms with Gasteiger partial charge in [0.2, 0.25) is 0 Å². The molecule has 30 heavy (non-hydrogen) atoms. The molecule has 0 fully saturated rings. The van der Waals surface area contributed by atoms with Crippen molar-refractivity contribution in [3.8, 4) is 11.8 Å². The number of nitro benzene ring substituents is 1. The van der Waals surface area contributed by atoms with E-state index >= 15 is 0 Å². The SMILES string of the molecule is N#C/C(=C/c1cc(I)c(OCc2ccc(Cl)cc2)c(I)c1)c1ccc([N+](=O)[O-])cc1. The van der Waals surface area contributed by atoms with Gasteiger partial charge in [0.25, 0.3) is 5.69 Å². The van der Waals surface area contributed by atoms with Crippen molar-refractivity contribution < 1.29 is 9.66 Å². The first-order valence-corrected chi connectivity index (χ1v) is 11.1. The van der Waals surface area contributed by atoms with E-state index in [9.17, 15) is 15.4 Å². The van der Waals surface area contributed by atoms with Gasteiger partial charge in [-0.3, -0.25) is 10.1 Å². The lowest BCUT2D eigenvalue weighted by atomic mass is 10.0. The molecule has 5 nitrogen and oxygen atoms in total. The van der Waals surface area contributed by atoms with Crippen molar-refractivity contribution >= 4 is 74.1 Å². The molecule has 0 aliphatic heterocycles. The molecule has 0 unspecified atom stereocenters. The number of hydrogen-bond donors (Lipinski definition) is 0. The van der Waals surface area contributed by atoms with Crippen molar-refractivity contribution in [1.82, 2.24) is 0 Å². The minimum absolute atomic E-state index is 0.0117. The summed E-state index contributed by atoms with van der Waals surface area (Å²) in [5.74, 6) is 0.775. The highest BCUT2D eigenvalue weighted by Crippen LogP contribution is 2.31. The largest absolute Gasteiger partial charge is 0.487 e. The van der Waals surface area contributed by atoms with E-state index in [0.717, 1.165) is 24.0 Å². The lowest BCUT2D eigenvalue weighted by Gasteiger charge is -2.12. The Bertz CT molecular complexity index is 1130. The number of nitrogens with zero attached hydrogens (tertiary/aromatic N) is 2. The van der Waals surface area contributed by atoms with Crippen molar-refractivity contribution in [2.45, 2.75) is 6.61 Å². The Morgan fingerprint density at radius 3 is 2.23 bits per heavy atom. The van der Waals surface area contributed by atoms with E-state index < -0.39 is 4.92 Å². The van der Waals surface area contributed by atoms with Gasteiger partial charge in [-0.25, -0.2) is 0 Å². The number of ether oxygens (including phenoxy) is 1. The number of hydrogen-bond acceptors (Lipinski definition) is 4. The van der Waals surface area contributed by atoms with Gasteiger partial charge in [0.1, 0.15) is 12.4 Å². The Labute approximate surface area is 205 Å². The molecular weight excluding hydrogens is 630 g/mol. The van der Waals surface area contributed by atoms with Crippen molar-refractivity contribution in [1.29, 1.82) is 5.26 Å². The summed E-state index contributed by atoms with van der Waals surface area (Å²) in [4.78, 5) is 10.3. The number of non-ortho nitro benzene ring substituents is 1. The van der Waals surface area contributed by atoms with Crippen molar-refractivity contribution in [3.63, 3.8) is 0 Å². The van der Waals surface area contributed by atoms with Crippen LogP contribution in [-0.4, -0.2) is 4.92 Å². The quantitative estimate of drug-likeness (QED) is 0.0946. The molecule has 0 heterocycles. The van der Waals surface area contributed by atoms with Crippen LogP contribution in [0.5, 0.6) is 5.75 Å². The van der Waals surface area contributed by atoms with Crippen molar-refractivity contribution in [3.05, 3.63) is 99.6 Å². The second-order valence-corrected chi connectivity index (χ2v) is 8.96. The molecule has 0 aromatic heterocycles. The highest BCUT2D eigenvalue weighted by Gasteiger charge is 2.11. The van der Waals surface area contributed by atoms with Crippen LogP contribution in [0.25, 0.3) is 11.6 Å². The molecule has 0 atom stereocenters. The Balaban J connectivity index is 1.83. The fraction of sp³-hybridized carbons (Fsp3) is 0.0455. The van der Waals surface area contributed by atoms with Crippen LogP contribution < -0.4 is 4.74 Å². The molecule has 3 rings (SSSR count). The Kier molecular flexibility index (Phi) is 7.69. The van der Waals surface area contributed by atoms with E-state index in [2.05, 4.69) is 51.3 Å². The predicted octanol–water partition coefficient (Wildman–Crippen LogP) is 7.10. The van der Waals surface area contributed by atoms with E-state index in [1.165, 1.54) is 12.1 Å². The van der Waals surface area contributed by atoms with Gasteiger partial charge in [-0.1, -0.05) is 23.7 Å². The van der Waals surface area contributed by atoms with Crippen LogP contribution in [0.2, 0.25) is 5.02 Å². The van der Waals surface area contributed by atoms with Gasteiger partial charge in [0.15, 0.2) is 0 Å². The number of nitriles is 1. The first kappa shape index (κ1) is 22.5. The van der Waals surface area contributed by atoms with Crippen LogP contribution in [0.1, 0.15) is 16.7 Å². The van der Waals surface area contributed by atoms with Gasteiger partial charge in [-0.15, -0.1) is 0 Å². The molecular formula is C22H13ClI2N2O3. The molecule has 0 radical (unpaired) electrons. The van der Waals surface area contributed by atoms with Crippen LogP contribution in [0.4, 0.5) is 5.69 Å². The first-order valence-electron chi connectivity index (χ1n) is 8.60. The standard InChI is InChI=1S/C22H13ClI2N2O3/c23-18-5-1-14(2-6-18)13-30-22-20(24)10-15(11-21(22)25)9-17(12-26)16-3-7-19(8-4-16)27(28)29/h1-11H,13H2/b17-9-. The summed E-state index contributed by atoms with van der Waals surface area (Å²) in [5.41, 5.74) is 2.89. The van der Waals surface area contributed by atoms with Crippen LogP contribution in [0, 0.1) is 28.6 Å². The third-order valence-electron chi connectivity index (χ3n) is 4.14. The van der Waals surface area contributed by atoms with Crippen LogP contribution in [0.3, 0.4) is 0 Å². The Morgan fingerprint density at radius 1 is 1.10 bits per heavy atom. The lowest BCUT2D eigenvalue weighted by molar-refractivity contribution is -0.384. The van der Waals surface area contributed by atoms with E-state index in [0.29, 0.717) is 22.8 Å². The zero-order chi connectivity index (χ0) is 21.7. The fourth-order valence-corrected chi connectivity index (χ4v) is 4.90. The fourth-order valence-electron chi connectivity index (χ4n) is 2.65. The van der Waals surface area contributed by atoms with E-state index in [1.54, 1.807) is 18.2 Å². The summed E-state index contributed by atoms with van der Waals surface area (Å²) >= 11 is 10.3. The molecule has 3 aromatic rings. The van der Waals surface area contributed by atoms with Gasteiger partial charge in [0, 0.05) is 17.2 Å². The highest BCUT2D eigenvalue weighted by atomic mass is 127. The molecule has 0 saturated carbocycles. The number of halogens is 3. The summed E-state index contributed by atoms with van der Waals surface area (Å²) in [7, 11) is 0. The zero-order valence-electron chi connectivity index (χ0n) is 15.3. The monoisotopic (exact) mass is 642 g/mol. The molecule has 3 aromatic carbocycles.